The van der Waals surface area contributed by atoms with E-state index < -0.39 is 36.3 Å². The minimum atomic E-state index is -1.16. The number of carbonyl (C=O) groups excluding carboxylic acids is 1. The van der Waals surface area contributed by atoms with Crippen molar-refractivity contribution in [3.8, 4) is 0 Å². The fourth-order valence-corrected chi connectivity index (χ4v) is 5.88. The van der Waals surface area contributed by atoms with Gasteiger partial charge in [0.2, 0.25) is 5.91 Å². The van der Waals surface area contributed by atoms with Crippen molar-refractivity contribution in [2.24, 2.45) is 0 Å². The lowest BCUT2D eigenvalue weighted by Gasteiger charge is -2.33. The quantitative estimate of drug-likeness (QED) is 0.256. The highest BCUT2D eigenvalue weighted by molar-refractivity contribution is 5.98. The number of benzene rings is 1. The second kappa shape index (κ2) is 17.6. The van der Waals surface area contributed by atoms with Crippen LogP contribution in [0.1, 0.15) is 43.6 Å². The molecule has 14 heteroatoms. The van der Waals surface area contributed by atoms with Crippen LogP contribution < -0.4 is 4.90 Å². The molecule has 44 heavy (non-hydrogen) atoms. The van der Waals surface area contributed by atoms with Gasteiger partial charge in [0.25, 0.3) is 0 Å². The van der Waals surface area contributed by atoms with E-state index in [1.54, 1.807) is 31.7 Å². The van der Waals surface area contributed by atoms with Crippen LogP contribution in [0.4, 0.5) is 5.69 Å². The highest BCUT2D eigenvalue weighted by Gasteiger charge is 2.25. The zero-order valence-electron chi connectivity index (χ0n) is 25.2. The van der Waals surface area contributed by atoms with Gasteiger partial charge in [0, 0.05) is 58.0 Å². The van der Waals surface area contributed by atoms with E-state index in [2.05, 4.69) is 0 Å². The van der Waals surface area contributed by atoms with Gasteiger partial charge in [0.15, 0.2) is 0 Å². The Balaban J connectivity index is 1.78. The predicted molar refractivity (Wildman–Crippen MR) is 161 cm³/mol. The maximum Gasteiger partial charge on any atom is 0.323 e. The largest absolute Gasteiger partial charge is 0.480 e. The van der Waals surface area contributed by atoms with Crippen LogP contribution in [-0.4, -0.2) is 155 Å². The summed E-state index contributed by atoms with van der Waals surface area (Å²) in [6.07, 6.45) is 5.82. The van der Waals surface area contributed by atoms with E-state index >= 15 is 0 Å². The minimum Gasteiger partial charge on any atom is -0.480 e. The third kappa shape index (κ3) is 12.2. The number of carboxylic acids is 4. The van der Waals surface area contributed by atoms with Crippen LogP contribution in [0.3, 0.4) is 0 Å². The van der Waals surface area contributed by atoms with Crippen molar-refractivity contribution in [1.29, 1.82) is 0 Å². The Kier molecular flexibility index (Phi) is 14.0. The summed E-state index contributed by atoms with van der Waals surface area (Å²) in [7, 11) is 0. The molecule has 2 aliphatic rings. The smallest absolute Gasteiger partial charge is 0.323 e. The molecule has 0 spiro atoms. The van der Waals surface area contributed by atoms with Gasteiger partial charge >= 0.3 is 23.9 Å². The third-order valence-corrected chi connectivity index (χ3v) is 8.24. The Labute approximate surface area is 257 Å². The van der Waals surface area contributed by atoms with Crippen LogP contribution in [0.15, 0.2) is 24.3 Å². The number of aliphatic carboxylic acids is 4. The summed E-state index contributed by atoms with van der Waals surface area (Å²) in [4.78, 5) is 67.9. The van der Waals surface area contributed by atoms with Gasteiger partial charge in [-0.15, -0.1) is 0 Å². The van der Waals surface area contributed by atoms with Crippen molar-refractivity contribution in [3.63, 3.8) is 0 Å². The molecule has 0 aromatic heterocycles. The normalized spacial score (nSPS) is 19.0. The lowest BCUT2D eigenvalue weighted by molar-refractivity contribution is -0.140. The molecule has 3 rings (SSSR count). The molecule has 2 fully saturated rings. The number of hydrogen-bond donors (Lipinski definition) is 4. The van der Waals surface area contributed by atoms with E-state index in [1.165, 1.54) is 29.7 Å². The Morgan fingerprint density at radius 2 is 0.955 bits per heavy atom. The first kappa shape index (κ1) is 34.9. The summed E-state index contributed by atoms with van der Waals surface area (Å²) in [5, 5.41) is 37.8. The molecule has 0 unspecified atom stereocenters. The van der Waals surface area contributed by atoms with E-state index in [0.29, 0.717) is 11.6 Å². The summed E-state index contributed by atoms with van der Waals surface area (Å²) in [5.41, 5.74) is 1.66. The van der Waals surface area contributed by atoms with Gasteiger partial charge in [-0.2, -0.15) is 0 Å². The average Bonchev–Trinajstić information content (AvgIpc) is 2.97. The molecule has 1 saturated heterocycles. The van der Waals surface area contributed by atoms with Gasteiger partial charge in [0.1, 0.15) is 6.54 Å². The molecule has 0 bridgehead atoms. The molecule has 1 aliphatic heterocycles. The number of rotatable bonds is 12. The summed E-state index contributed by atoms with van der Waals surface area (Å²) in [6, 6.07) is 7.50. The Bertz CT molecular complexity index is 1090. The van der Waals surface area contributed by atoms with Crippen LogP contribution in [0.25, 0.3) is 0 Å². The zero-order valence-corrected chi connectivity index (χ0v) is 25.2. The zero-order chi connectivity index (χ0) is 32.1. The standard InChI is InChI=1S/C30H45N5O9/c36-26(35(22-30(43)44)25-8-6-24(7-9-25)23-4-2-1-3-5-23)18-31-10-12-32(19-27(37)38)14-16-34(21-29(41)42)17-15-33(13-11-31)20-28(39)40/h6-9,23H,1-5,10-22H2,(H,37,38)(H,39,40)(H,41,42)(H,43,44). The molecule has 14 nitrogen and oxygen atoms in total. The third-order valence-electron chi connectivity index (χ3n) is 8.24. The van der Waals surface area contributed by atoms with Crippen molar-refractivity contribution >= 4 is 35.5 Å². The first-order valence-electron chi connectivity index (χ1n) is 15.2. The topological polar surface area (TPSA) is 182 Å². The van der Waals surface area contributed by atoms with Crippen molar-refractivity contribution in [1.82, 2.24) is 19.6 Å². The molecular weight excluding hydrogens is 574 g/mol. The Morgan fingerprint density at radius 3 is 1.32 bits per heavy atom. The lowest BCUT2D eigenvalue weighted by Crippen LogP contribution is -2.50. The minimum absolute atomic E-state index is 0.148. The predicted octanol–water partition coefficient (Wildman–Crippen LogP) is 0.627. The molecule has 1 aromatic rings. The Hall–Kier alpha value is -3.59. The van der Waals surface area contributed by atoms with Gasteiger partial charge < -0.3 is 25.3 Å². The van der Waals surface area contributed by atoms with E-state index in [-0.39, 0.29) is 78.5 Å². The summed E-state index contributed by atoms with van der Waals surface area (Å²) in [6.45, 7) is 0.629. The van der Waals surface area contributed by atoms with Gasteiger partial charge in [-0.25, -0.2) is 0 Å². The molecule has 1 saturated carbocycles. The van der Waals surface area contributed by atoms with Crippen LogP contribution in [-0.2, 0) is 24.0 Å². The molecule has 1 aromatic carbocycles. The Morgan fingerprint density at radius 1 is 0.568 bits per heavy atom. The van der Waals surface area contributed by atoms with Gasteiger partial charge in [-0.1, -0.05) is 31.4 Å². The molecule has 1 aliphatic carbocycles. The average molecular weight is 620 g/mol. The van der Waals surface area contributed by atoms with E-state index in [4.69, 9.17) is 0 Å². The second-order valence-electron chi connectivity index (χ2n) is 11.6. The SMILES string of the molecule is O=C(O)CN1CCN(CC(=O)O)CCN(CC(=O)N(CC(=O)O)c2ccc(C3CCCCC3)cc2)CCN(CC(=O)O)CC1. The lowest BCUT2D eigenvalue weighted by atomic mass is 9.84. The van der Waals surface area contributed by atoms with E-state index in [1.807, 2.05) is 12.1 Å². The molecular formula is C30H45N5O9. The second-order valence-corrected chi connectivity index (χ2v) is 11.6. The number of hydrogen-bond acceptors (Lipinski definition) is 9. The summed E-state index contributed by atoms with van der Waals surface area (Å²) in [5.74, 6) is -4.25. The number of anilines is 1. The summed E-state index contributed by atoms with van der Waals surface area (Å²) >= 11 is 0. The van der Waals surface area contributed by atoms with Crippen LogP contribution in [0.2, 0.25) is 0 Å². The van der Waals surface area contributed by atoms with Gasteiger partial charge in [-0.3, -0.25) is 43.6 Å². The maximum absolute atomic E-state index is 13.6. The molecule has 1 heterocycles. The first-order chi connectivity index (χ1) is 21.0. The molecule has 0 atom stereocenters. The van der Waals surface area contributed by atoms with Gasteiger partial charge in [0.05, 0.1) is 26.2 Å². The number of carbonyl (C=O) groups is 5. The highest BCUT2D eigenvalue weighted by Crippen LogP contribution is 2.33. The fraction of sp³-hybridized carbons (Fsp3) is 0.633. The molecule has 1 amide bonds. The van der Waals surface area contributed by atoms with Crippen molar-refractivity contribution in [2.75, 3.05) is 90.0 Å². The first-order valence-corrected chi connectivity index (χ1v) is 15.2. The van der Waals surface area contributed by atoms with E-state index in [0.717, 1.165) is 12.8 Å². The van der Waals surface area contributed by atoms with Crippen molar-refractivity contribution in [2.45, 2.75) is 38.0 Å². The van der Waals surface area contributed by atoms with Crippen LogP contribution >= 0.6 is 0 Å². The molecule has 0 radical (unpaired) electrons. The number of amides is 1. The monoisotopic (exact) mass is 619 g/mol. The van der Waals surface area contributed by atoms with Crippen LogP contribution in [0, 0.1) is 0 Å². The van der Waals surface area contributed by atoms with Crippen molar-refractivity contribution < 1.29 is 44.4 Å². The van der Waals surface area contributed by atoms with E-state index in [9.17, 15) is 44.4 Å². The summed E-state index contributed by atoms with van der Waals surface area (Å²) < 4.78 is 0. The molecule has 4 N–H and O–H groups in total. The maximum atomic E-state index is 13.6. The molecule has 244 valence electrons. The van der Waals surface area contributed by atoms with Gasteiger partial charge in [-0.05, 0) is 36.5 Å². The highest BCUT2D eigenvalue weighted by atomic mass is 16.4. The van der Waals surface area contributed by atoms with Crippen molar-refractivity contribution in [3.05, 3.63) is 29.8 Å². The van der Waals surface area contributed by atoms with Crippen LogP contribution in [0.5, 0.6) is 0 Å². The number of nitrogens with zero attached hydrogens (tertiary/aromatic N) is 5. The number of carboxylic acid groups (broad SMARTS) is 4. The fourth-order valence-electron chi connectivity index (χ4n) is 5.88.